The second-order valence-corrected chi connectivity index (χ2v) is 3.33. The smallest absolute Gasteiger partial charge is 0.184 e. The zero-order valence-electron chi connectivity index (χ0n) is 6.78. The lowest BCUT2D eigenvalue weighted by Gasteiger charge is -2.37. The van der Waals surface area contributed by atoms with Crippen molar-refractivity contribution in [1.82, 2.24) is 0 Å². The third-order valence-corrected chi connectivity index (χ3v) is 2.35. The Kier molecular flexibility index (Phi) is 2.26. The van der Waals surface area contributed by atoms with Crippen LogP contribution in [0.1, 0.15) is 0 Å². The van der Waals surface area contributed by atoms with Gasteiger partial charge in [0.1, 0.15) is 30.5 Å². The molecule has 0 radical (unpaired) electrons. The summed E-state index contributed by atoms with van der Waals surface area (Å²) in [7, 11) is 0. The van der Waals surface area contributed by atoms with E-state index in [1.807, 2.05) is 0 Å². The predicted molar refractivity (Wildman–Crippen MR) is 38.6 cm³/mol. The van der Waals surface area contributed by atoms with Crippen LogP contribution in [0.25, 0.3) is 0 Å². The van der Waals surface area contributed by atoms with Gasteiger partial charge in [-0.2, -0.15) is 0 Å². The summed E-state index contributed by atoms with van der Waals surface area (Å²) < 4.78 is 9.74. The van der Waals surface area contributed by atoms with Crippen LogP contribution in [0.3, 0.4) is 0 Å². The molecule has 0 bridgehead atoms. The van der Waals surface area contributed by atoms with E-state index in [-0.39, 0.29) is 6.10 Å². The van der Waals surface area contributed by atoms with E-state index in [4.69, 9.17) is 19.7 Å². The Morgan fingerprint density at radius 2 is 1.54 bits per heavy atom. The molecule has 6 heteroatoms. The first-order valence-electron chi connectivity index (χ1n) is 4.10. The maximum Gasteiger partial charge on any atom is 0.184 e. The number of rotatable bonds is 1. The summed E-state index contributed by atoms with van der Waals surface area (Å²) in [4.78, 5) is 0. The van der Waals surface area contributed by atoms with Gasteiger partial charge in [-0.1, -0.05) is 0 Å². The molecule has 2 aliphatic heterocycles. The predicted octanol–water partition coefficient (Wildman–Crippen LogP) is -2.81. The Morgan fingerprint density at radius 1 is 0.923 bits per heavy atom. The second kappa shape index (κ2) is 3.16. The monoisotopic (exact) mass is 192 g/mol. The second-order valence-electron chi connectivity index (χ2n) is 3.33. The fraction of sp³-hybridized carbons (Fsp3) is 1.00. The van der Waals surface area contributed by atoms with Gasteiger partial charge in [0, 0.05) is 0 Å². The average molecular weight is 192 g/mol. The minimum Gasteiger partial charge on any atom is -0.387 e. The molecule has 2 saturated heterocycles. The summed E-state index contributed by atoms with van der Waals surface area (Å²) in [5, 5.41) is 36.9. The molecule has 2 heterocycles. The lowest BCUT2D eigenvalue weighted by molar-refractivity contribution is -0.284. The Morgan fingerprint density at radius 3 is 2.08 bits per heavy atom. The van der Waals surface area contributed by atoms with Gasteiger partial charge in [0.2, 0.25) is 0 Å². The third kappa shape index (κ3) is 1.56. The SMILES string of the molecule is O[C@H]1[C@@H](O)[C@@H]([C@H]2CO2)O[C@@H](O)[C@@H]1O. The van der Waals surface area contributed by atoms with Gasteiger partial charge in [-0.05, 0) is 0 Å². The van der Waals surface area contributed by atoms with Crippen LogP contribution < -0.4 is 0 Å². The number of hydrogen-bond acceptors (Lipinski definition) is 6. The lowest BCUT2D eigenvalue weighted by atomic mass is 9.97. The summed E-state index contributed by atoms with van der Waals surface area (Å²) >= 11 is 0. The van der Waals surface area contributed by atoms with E-state index in [0.717, 1.165) is 0 Å². The molecule has 4 N–H and O–H groups in total. The van der Waals surface area contributed by atoms with E-state index in [9.17, 15) is 10.2 Å². The summed E-state index contributed by atoms with van der Waals surface area (Å²) in [6.45, 7) is 0.442. The fourth-order valence-corrected chi connectivity index (χ4v) is 1.44. The normalized spacial score (nSPS) is 56.3. The van der Waals surface area contributed by atoms with Gasteiger partial charge in [0.05, 0.1) is 6.61 Å². The molecule has 6 atom stereocenters. The standard InChI is InChI=1S/C7H12O6/c8-3-4(9)6(2-1-12-2)13-7(11)5(3)10/h2-11H,1H2/t2-,3+,4-,5-,6-,7-/m1/s1. The molecule has 0 spiro atoms. The molecule has 13 heavy (non-hydrogen) atoms. The number of aliphatic hydroxyl groups is 4. The Balaban J connectivity index is 2.05. The number of aliphatic hydroxyl groups excluding tert-OH is 4. The first-order chi connectivity index (χ1) is 6.11. The van der Waals surface area contributed by atoms with Crippen LogP contribution in [0, 0.1) is 0 Å². The largest absolute Gasteiger partial charge is 0.387 e. The Hall–Kier alpha value is -0.240. The highest BCUT2D eigenvalue weighted by atomic mass is 16.7. The van der Waals surface area contributed by atoms with E-state index in [1.165, 1.54) is 0 Å². The van der Waals surface area contributed by atoms with Crippen molar-refractivity contribution < 1.29 is 29.9 Å². The van der Waals surface area contributed by atoms with Gasteiger partial charge in [-0.3, -0.25) is 0 Å². The highest BCUT2D eigenvalue weighted by molar-refractivity contribution is 4.95. The summed E-state index contributed by atoms with van der Waals surface area (Å²) in [5.74, 6) is 0. The van der Waals surface area contributed by atoms with E-state index < -0.39 is 30.7 Å². The molecule has 6 nitrogen and oxygen atoms in total. The molecule has 0 amide bonds. The van der Waals surface area contributed by atoms with Gasteiger partial charge in [0.25, 0.3) is 0 Å². The van der Waals surface area contributed by atoms with E-state index in [2.05, 4.69) is 0 Å². The summed E-state index contributed by atoms with van der Waals surface area (Å²) in [5.41, 5.74) is 0. The topological polar surface area (TPSA) is 103 Å². The van der Waals surface area contributed by atoms with Gasteiger partial charge < -0.3 is 29.9 Å². The van der Waals surface area contributed by atoms with Crippen LogP contribution >= 0.6 is 0 Å². The van der Waals surface area contributed by atoms with Crippen molar-refractivity contribution in [2.24, 2.45) is 0 Å². The van der Waals surface area contributed by atoms with Crippen molar-refractivity contribution in [2.75, 3.05) is 6.61 Å². The molecule has 2 rings (SSSR count). The summed E-state index contributed by atoms with van der Waals surface area (Å²) in [6.07, 6.45) is -6.58. The van der Waals surface area contributed by atoms with Crippen LogP contribution in [-0.2, 0) is 9.47 Å². The molecule has 76 valence electrons. The molecule has 2 fully saturated rings. The minimum atomic E-state index is -1.47. The van der Waals surface area contributed by atoms with E-state index in [0.29, 0.717) is 6.61 Å². The van der Waals surface area contributed by atoms with Crippen LogP contribution in [0.5, 0.6) is 0 Å². The van der Waals surface area contributed by atoms with Crippen molar-refractivity contribution in [3.63, 3.8) is 0 Å². The fourth-order valence-electron chi connectivity index (χ4n) is 1.44. The summed E-state index contributed by atoms with van der Waals surface area (Å²) in [6, 6.07) is 0. The molecule has 0 saturated carbocycles. The molecule has 0 aromatic carbocycles. The zero-order chi connectivity index (χ0) is 9.59. The average Bonchev–Trinajstić information content (AvgIpc) is 2.91. The molecule has 0 aliphatic carbocycles. The third-order valence-electron chi connectivity index (χ3n) is 2.35. The van der Waals surface area contributed by atoms with E-state index in [1.54, 1.807) is 0 Å². The first kappa shape index (κ1) is 9.32. The molecule has 0 aromatic rings. The maximum absolute atomic E-state index is 9.41. The van der Waals surface area contributed by atoms with Gasteiger partial charge in [0.15, 0.2) is 6.29 Å². The Bertz CT molecular complexity index is 193. The van der Waals surface area contributed by atoms with Crippen molar-refractivity contribution in [2.45, 2.75) is 36.8 Å². The first-order valence-corrected chi connectivity index (χ1v) is 4.10. The molecule has 0 aromatic heterocycles. The van der Waals surface area contributed by atoms with Crippen LogP contribution in [0.15, 0.2) is 0 Å². The van der Waals surface area contributed by atoms with Gasteiger partial charge in [-0.15, -0.1) is 0 Å². The van der Waals surface area contributed by atoms with Crippen LogP contribution in [0.2, 0.25) is 0 Å². The van der Waals surface area contributed by atoms with Crippen molar-refractivity contribution in [1.29, 1.82) is 0 Å². The lowest BCUT2D eigenvalue weighted by Crippen LogP contribution is -2.59. The molecular weight excluding hydrogens is 180 g/mol. The van der Waals surface area contributed by atoms with Crippen molar-refractivity contribution in [3.8, 4) is 0 Å². The van der Waals surface area contributed by atoms with E-state index >= 15 is 0 Å². The number of hydrogen-bond donors (Lipinski definition) is 4. The maximum atomic E-state index is 9.41. The number of ether oxygens (including phenoxy) is 2. The molecule has 2 aliphatic rings. The zero-order valence-corrected chi connectivity index (χ0v) is 6.78. The van der Waals surface area contributed by atoms with Gasteiger partial charge in [-0.25, -0.2) is 0 Å². The van der Waals surface area contributed by atoms with Crippen molar-refractivity contribution in [3.05, 3.63) is 0 Å². The number of epoxide rings is 1. The molecule has 0 unspecified atom stereocenters. The highest BCUT2D eigenvalue weighted by Gasteiger charge is 2.49. The molecular formula is C7H12O6. The van der Waals surface area contributed by atoms with Crippen molar-refractivity contribution >= 4 is 0 Å². The van der Waals surface area contributed by atoms with Crippen LogP contribution in [-0.4, -0.2) is 63.8 Å². The minimum absolute atomic E-state index is 0.285. The van der Waals surface area contributed by atoms with Crippen LogP contribution in [0.4, 0.5) is 0 Å². The quantitative estimate of drug-likeness (QED) is 0.334. The Labute approximate surface area is 74.3 Å². The van der Waals surface area contributed by atoms with Gasteiger partial charge >= 0.3 is 0 Å². The highest BCUT2D eigenvalue weighted by Crippen LogP contribution is 2.28.